The van der Waals surface area contributed by atoms with Gasteiger partial charge in [0, 0.05) is 30.6 Å². The van der Waals surface area contributed by atoms with Gasteiger partial charge in [0.1, 0.15) is 0 Å². The van der Waals surface area contributed by atoms with Crippen LogP contribution in [0.3, 0.4) is 0 Å². The van der Waals surface area contributed by atoms with Crippen molar-refractivity contribution in [2.24, 2.45) is 0 Å². The molecule has 1 aromatic heterocycles. The Morgan fingerprint density at radius 1 is 1.09 bits per heavy atom. The van der Waals surface area contributed by atoms with Crippen LogP contribution in [0.4, 0.5) is 4.79 Å². The van der Waals surface area contributed by atoms with Crippen molar-refractivity contribution in [3.63, 3.8) is 0 Å². The molecule has 5 nitrogen and oxygen atoms in total. The molecule has 0 radical (unpaired) electrons. The van der Waals surface area contributed by atoms with Crippen molar-refractivity contribution < 1.29 is 9.59 Å². The maximum Gasteiger partial charge on any atom is 0.317 e. The van der Waals surface area contributed by atoms with Crippen LogP contribution in [-0.2, 0) is 0 Å². The predicted molar refractivity (Wildman–Crippen MR) is 92.7 cm³/mol. The molecule has 0 fully saturated rings. The highest BCUT2D eigenvalue weighted by Crippen LogP contribution is 2.23. The first kappa shape index (κ1) is 17.0. The average Bonchev–Trinajstić information content (AvgIpc) is 3.12. The topological polar surface area (TPSA) is 61.4 Å². The second-order valence-corrected chi connectivity index (χ2v) is 6.14. The number of carbonyl (C=O) groups excluding carboxylic acids is 2. The lowest BCUT2D eigenvalue weighted by atomic mass is 10.2. The van der Waals surface area contributed by atoms with E-state index in [-0.39, 0.29) is 18.0 Å². The Labute approximate surface area is 140 Å². The van der Waals surface area contributed by atoms with E-state index in [1.165, 1.54) is 0 Å². The van der Waals surface area contributed by atoms with Crippen LogP contribution in [0.5, 0.6) is 0 Å². The standard InChI is InChI=1S/C17H21N3O2S/c1-13(15-9-6-12-23-15)20(2)17(22)19-11-10-18-16(21)14-7-4-3-5-8-14/h3-9,12-13H,10-11H2,1-2H3,(H,18,21)(H,19,22). The van der Waals surface area contributed by atoms with E-state index in [9.17, 15) is 9.59 Å². The van der Waals surface area contributed by atoms with E-state index < -0.39 is 0 Å². The number of nitrogens with one attached hydrogen (secondary N) is 2. The van der Waals surface area contributed by atoms with Gasteiger partial charge in [0.05, 0.1) is 6.04 Å². The zero-order chi connectivity index (χ0) is 16.7. The molecule has 6 heteroatoms. The van der Waals surface area contributed by atoms with Crippen LogP contribution >= 0.6 is 11.3 Å². The molecule has 0 spiro atoms. The SMILES string of the molecule is CC(c1cccs1)N(C)C(=O)NCCNC(=O)c1ccccc1. The predicted octanol–water partition coefficient (Wildman–Crippen LogP) is 2.88. The van der Waals surface area contributed by atoms with Gasteiger partial charge in [-0.25, -0.2) is 4.79 Å². The summed E-state index contributed by atoms with van der Waals surface area (Å²) in [7, 11) is 1.77. The molecule has 23 heavy (non-hydrogen) atoms. The molecule has 2 aromatic rings. The van der Waals surface area contributed by atoms with E-state index in [2.05, 4.69) is 10.6 Å². The van der Waals surface area contributed by atoms with Crippen LogP contribution in [-0.4, -0.2) is 37.0 Å². The van der Waals surface area contributed by atoms with Gasteiger partial charge in [0.2, 0.25) is 0 Å². The van der Waals surface area contributed by atoms with E-state index in [1.54, 1.807) is 35.4 Å². The van der Waals surface area contributed by atoms with Gasteiger partial charge in [-0.15, -0.1) is 11.3 Å². The van der Waals surface area contributed by atoms with Crippen LogP contribution in [0.1, 0.15) is 28.2 Å². The molecule has 0 saturated carbocycles. The third kappa shape index (κ3) is 4.82. The summed E-state index contributed by atoms with van der Waals surface area (Å²) in [4.78, 5) is 26.8. The zero-order valence-electron chi connectivity index (χ0n) is 13.3. The van der Waals surface area contributed by atoms with Crippen LogP contribution in [0.2, 0.25) is 0 Å². The zero-order valence-corrected chi connectivity index (χ0v) is 14.1. The molecule has 1 aromatic carbocycles. The fraction of sp³-hybridized carbons (Fsp3) is 0.294. The molecular formula is C17H21N3O2S. The summed E-state index contributed by atoms with van der Waals surface area (Å²) >= 11 is 1.63. The maximum absolute atomic E-state index is 12.1. The second-order valence-electron chi connectivity index (χ2n) is 5.16. The largest absolute Gasteiger partial charge is 0.350 e. The number of thiophene rings is 1. The van der Waals surface area contributed by atoms with Crippen molar-refractivity contribution in [1.29, 1.82) is 0 Å². The molecule has 0 aliphatic rings. The van der Waals surface area contributed by atoms with Crippen molar-refractivity contribution in [3.05, 3.63) is 58.3 Å². The summed E-state index contributed by atoms with van der Waals surface area (Å²) in [6.07, 6.45) is 0. The van der Waals surface area contributed by atoms with Crippen molar-refractivity contribution >= 4 is 23.3 Å². The van der Waals surface area contributed by atoms with Crippen LogP contribution in [0.15, 0.2) is 47.8 Å². The van der Waals surface area contributed by atoms with Crippen LogP contribution in [0.25, 0.3) is 0 Å². The second kappa shape index (κ2) is 8.33. The molecule has 1 atom stereocenters. The van der Waals surface area contributed by atoms with Crippen LogP contribution < -0.4 is 10.6 Å². The molecule has 1 heterocycles. The quantitative estimate of drug-likeness (QED) is 0.800. The van der Waals surface area contributed by atoms with Gasteiger partial charge in [0.15, 0.2) is 0 Å². The number of benzene rings is 1. The number of amides is 3. The van der Waals surface area contributed by atoms with E-state index in [4.69, 9.17) is 0 Å². The molecule has 3 amide bonds. The molecule has 2 rings (SSSR count). The summed E-state index contributed by atoms with van der Waals surface area (Å²) < 4.78 is 0. The molecule has 0 aliphatic carbocycles. The summed E-state index contributed by atoms with van der Waals surface area (Å²) in [5.41, 5.74) is 0.613. The fourth-order valence-corrected chi connectivity index (χ4v) is 2.88. The summed E-state index contributed by atoms with van der Waals surface area (Å²) in [5.74, 6) is -0.139. The lowest BCUT2D eigenvalue weighted by Gasteiger charge is -2.24. The minimum absolute atomic E-state index is 0.0221. The third-order valence-electron chi connectivity index (χ3n) is 3.58. The van der Waals surface area contributed by atoms with E-state index in [0.29, 0.717) is 18.7 Å². The molecule has 0 bridgehead atoms. The number of carbonyl (C=O) groups is 2. The van der Waals surface area contributed by atoms with Crippen molar-refractivity contribution in [3.8, 4) is 0 Å². The number of rotatable bonds is 6. The Balaban J connectivity index is 1.71. The molecule has 0 saturated heterocycles. The van der Waals surface area contributed by atoms with Gasteiger partial charge in [-0.05, 0) is 30.5 Å². The molecule has 122 valence electrons. The highest BCUT2D eigenvalue weighted by Gasteiger charge is 2.17. The van der Waals surface area contributed by atoms with Gasteiger partial charge in [-0.2, -0.15) is 0 Å². The minimum Gasteiger partial charge on any atom is -0.350 e. The number of urea groups is 1. The number of hydrogen-bond acceptors (Lipinski definition) is 3. The first-order chi connectivity index (χ1) is 11.1. The molecule has 2 N–H and O–H groups in total. The van der Waals surface area contributed by atoms with Crippen molar-refractivity contribution in [1.82, 2.24) is 15.5 Å². The lowest BCUT2D eigenvalue weighted by Crippen LogP contribution is -2.42. The maximum atomic E-state index is 12.1. The molecule has 1 unspecified atom stereocenters. The monoisotopic (exact) mass is 331 g/mol. The Morgan fingerprint density at radius 3 is 2.43 bits per heavy atom. The Hall–Kier alpha value is -2.34. The third-order valence-corrected chi connectivity index (χ3v) is 4.62. The first-order valence-corrected chi connectivity index (χ1v) is 8.35. The Morgan fingerprint density at radius 2 is 1.78 bits per heavy atom. The fourth-order valence-electron chi connectivity index (χ4n) is 2.06. The lowest BCUT2D eigenvalue weighted by molar-refractivity contribution is 0.0953. The highest BCUT2D eigenvalue weighted by atomic mass is 32.1. The van der Waals surface area contributed by atoms with Gasteiger partial charge < -0.3 is 15.5 Å². The van der Waals surface area contributed by atoms with E-state index >= 15 is 0 Å². The van der Waals surface area contributed by atoms with Gasteiger partial charge >= 0.3 is 6.03 Å². The summed E-state index contributed by atoms with van der Waals surface area (Å²) in [6, 6.07) is 12.9. The van der Waals surface area contributed by atoms with Gasteiger partial charge in [-0.3, -0.25) is 4.79 Å². The summed E-state index contributed by atoms with van der Waals surface area (Å²) in [5, 5.41) is 7.59. The van der Waals surface area contributed by atoms with Crippen molar-refractivity contribution in [2.45, 2.75) is 13.0 Å². The average molecular weight is 331 g/mol. The normalized spacial score (nSPS) is 11.6. The van der Waals surface area contributed by atoms with Crippen LogP contribution in [0, 0.1) is 0 Å². The molecular weight excluding hydrogens is 310 g/mol. The smallest absolute Gasteiger partial charge is 0.317 e. The molecule has 0 aliphatic heterocycles. The summed E-state index contributed by atoms with van der Waals surface area (Å²) in [6.45, 7) is 2.77. The van der Waals surface area contributed by atoms with E-state index in [0.717, 1.165) is 4.88 Å². The van der Waals surface area contributed by atoms with Gasteiger partial charge in [-0.1, -0.05) is 24.3 Å². The van der Waals surface area contributed by atoms with Gasteiger partial charge in [0.25, 0.3) is 5.91 Å². The number of hydrogen-bond donors (Lipinski definition) is 2. The Kier molecular flexibility index (Phi) is 6.17. The van der Waals surface area contributed by atoms with Crippen molar-refractivity contribution in [2.75, 3.05) is 20.1 Å². The first-order valence-electron chi connectivity index (χ1n) is 7.47. The Bertz CT molecular complexity index is 629. The highest BCUT2D eigenvalue weighted by molar-refractivity contribution is 7.10. The van der Waals surface area contributed by atoms with E-state index in [1.807, 2.05) is 42.6 Å². The number of nitrogens with zero attached hydrogens (tertiary/aromatic N) is 1. The minimum atomic E-state index is -0.153.